The smallest absolute Gasteiger partial charge is 0.237 e. The maximum atomic E-state index is 14.2. The van der Waals surface area contributed by atoms with E-state index in [0.717, 1.165) is 54.1 Å². The highest BCUT2D eigenvalue weighted by molar-refractivity contribution is 5.83. The lowest BCUT2D eigenvalue weighted by Crippen LogP contribution is -2.62. The molecule has 5 nitrogen and oxygen atoms in total. The van der Waals surface area contributed by atoms with Crippen LogP contribution in [0.2, 0.25) is 0 Å². The van der Waals surface area contributed by atoms with Crippen molar-refractivity contribution in [2.75, 3.05) is 0 Å². The highest BCUT2D eigenvalue weighted by atomic mass is 19.1. The highest BCUT2D eigenvalue weighted by Gasteiger charge is 2.52. The van der Waals surface area contributed by atoms with E-state index in [1.165, 1.54) is 25.3 Å². The topological polar surface area (TPSA) is 66.9 Å². The van der Waals surface area contributed by atoms with Gasteiger partial charge in [0.05, 0.1) is 6.04 Å². The van der Waals surface area contributed by atoms with Crippen LogP contribution in [0.15, 0.2) is 36.5 Å². The molecule has 5 fully saturated rings. The molecule has 2 N–H and O–H groups in total. The van der Waals surface area contributed by atoms with E-state index in [2.05, 4.69) is 36.4 Å². The summed E-state index contributed by atoms with van der Waals surface area (Å²) in [7, 11) is 0. The Balaban J connectivity index is 1.27. The number of halogens is 1. The van der Waals surface area contributed by atoms with Gasteiger partial charge in [-0.2, -0.15) is 0 Å². The lowest BCUT2D eigenvalue weighted by molar-refractivity contribution is -0.128. The Morgan fingerprint density at radius 3 is 2.37 bits per heavy atom. The minimum Gasteiger partial charge on any atom is -0.349 e. The molecule has 6 heteroatoms. The second-order valence-corrected chi connectivity index (χ2v) is 12.8. The molecule has 1 aliphatic heterocycles. The van der Waals surface area contributed by atoms with Gasteiger partial charge in [0.2, 0.25) is 5.91 Å². The maximum Gasteiger partial charge on any atom is 0.237 e. The van der Waals surface area contributed by atoms with Crippen molar-refractivity contribution in [3.8, 4) is 0 Å². The molecule has 1 saturated heterocycles. The first kappa shape index (κ1) is 23.1. The Hall–Kier alpha value is -2.34. The Morgan fingerprint density at radius 1 is 1.06 bits per heavy atom. The fourth-order valence-electron chi connectivity index (χ4n) is 7.85. The van der Waals surface area contributed by atoms with Gasteiger partial charge in [0, 0.05) is 34.8 Å². The van der Waals surface area contributed by atoms with Crippen LogP contribution < -0.4 is 10.6 Å². The Bertz CT molecular complexity index is 1090. The number of benzene rings is 1. The zero-order valence-corrected chi connectivity index (χ0v) is 21.1. The fourth-order valence-corrected chi connectivity index (χ4v) is 7.85. The summed E-state index contributed by atoms with van der Waals surface area (Å²) in [5.74, 6) is 2.93. The van der Waals surface area contributed by atoms with Gasteiger partial charge < -0.3 is 5.32 Å². The van der Waals surface area contributed by atoms with Crippen molar-refractivity contribution >= 4 is 5.91 Å². The van der Waals surface area contributed by atoms with Crippen LogP contribution >= 0.6 is 0 Å². The fraction of sp³-hybridized carbons (Fsp3) is 0.621. The van der Waals surface area contributed by atoms with E-state index in [0.29, 0.717) is 6.42 Å². The van der Waals surface area contributed by atoms with Crippen LogP contribution in [0.5, 0.6) is 0 Å². The molecule has 5 aliphatic rings. The van der Waals surface area contributed by atoms with Crippen molar-refractivity contribution < 1.29 is 9.18 Å². The van der Waals surface area contributed by atoms with E-state index in [1.807, 2.05) is 18.3 Å². The molecule has 4 aliphatic carbocycles. The number of carbonyl (C=O) groups excluding carboxylic acids is 1. The maximum absolute atomic E-state index is 14.2. The number of rotatable bonds is 4. The summed E-state index contributed by atoms with van der Waals surface area (Å²) in [6, 6.07) is 8.18. The Morgan fingerprint density at radius 2 is 1.74 bits per heavy atom. The molecule has 0 radical (unpaired) electrons. The van der Waals surface area contributed by atoms with Crippen LogP contribution in [0.25, 0.3) is 0 Å². The second-order valence-electron chi connectivity index (χ2n) is 12.8. The summed E-state index contributed by atoms with van der Waals surface area (Å²) < 4.78 is 14.2. The van der Waals surface area contributed by atoms with Crippen molar-refractivity contribution in [1.29, 1.82) is 0 Å². The molecular weight excluding hydrogens is 439 g/mol. The third-order valence-corrected chi connectivity index (χ3v) is 8.95. The van der Waals surface area contributed by atoms with Gasteiger partial charge in [-0.15, -0.1) is 0 Å². The van der Waals surface area contributed by atoms with Gasteiger partial charge in [0.1, 0.15) is 11.6 Å². The molecule has 35 heavy (non-hydrogen) atoms. The van der Waals surface area contributed by atoms with Crippen molar-refractivity contribution in [2.45, 2.75) is 94.7 Å². The molecule has 0 spiro atoms. The van der Waals surface area contributed by atoms with Crippen molar-refractivity contribution in [1.82, 2.24) is 20.6 Å². The predicted molar refractivity (Wildman–Crippen MR) is 133 cm³/mol. The number of aromatic nitrogens is 2. The van der Waals surface area contributed by atoms with Crippen LogP contribution in [0.1, 0.15) is 94.8 Å². The summed E-state index contributed by atoms with van der Waals surface area (Å²) in [5.41, 5.74) is 1.58. The van der Waals surface area contributed by atoms with E-state index in [-0.39, 0.29) is 40.7 Å². The summed E-state index contributed by atoms with van der Waals surface area (Å²) in [6.07, 6.45) is 9.91. The molecule has 1 aromatic heterocycles. The standard InChI is InChI=1S/C29H37FN4O/c1-28(2,3)27-31-8-7-23(33-27)22-13-24(32-25(22)20-5-4-6-21(30)12-20)26(35)34-29-14-17-9-18(15-29)11-19(10-17)16-29/h4-8,12,17-19,22,24-25,32H,9-11,13-16H2,1-3H3,(H,34,35)/t17?,18?,19?,22-,24+,25+,29?/m1/s1. The molecule has 1 amide bonds. The summed E-state index contributed by atoms with van der Waals surface area (Å²) in [5, 5.41) is 7.13. The van der Waals surface area contributed by atoms with Crippen molar-refractivity contribution in [2.24, 2.45) is 17.8 Å². The van der Waals surface area contributed by atoms with Gasteiger partial charge in [0.15, 0.2) is 0 Å². The average Bonchev–Trinajstić information content (AvgIpc) is 3.23. The molecule has 0 unspecified atom stereocenters. The lowest BCUT2D eigenvalue weighted by atomic mass is 9.53. The van der Waals surface area contributed by atoms with Crippen molar-refractivity contribution in [3.05, 3.63) is 59.4 Å². The number of hydrogen-bond acceptors (Lipinski definition) is 4. The van der Waals surface area contributed by atoms with Crippen LogP contribution in [-0.2, 0) is 10.2 Å². The first-order valence-corrected chi connectivity index (χ1v) is 13.3. The molecule has 4 bridgehead atoms. The number of carbonyl (C=O) groups is 1. The highest BCUT2D eigenvalue weighted by Crippen LogP contribution is 2.55. The third kappa shape index (κ3) is 4.39. The van der Waals surface area contributed by atoms with E-state index in [1.54, 1.807) is 12.1 Å². The normalized spacial score (nSPS) is 35.9. The second kappa shape index (κ2) is 8.36. The monoisotopic (exact) mass is 476 g/mol. The zero-order valence-electron chi connectivity index (χ0n) is 21.1. The first-order chi connectivity index (χ1) is 16.7. The van der Waals surface area contributed by atoms with Gasteiger partial charge in [-0.05, 0) is 86.5 Å². The van der Waals surface area contributed by atoms with E-state index in [9.17, 15) is 9.18 Å². The van der Waals surface area contributed by atoms with Crippen LogP contribution in [0, 0.1) is 23.6 Å². The number of nitrogens with one attached hydrogen (secondary N) is 2. The number of amides is 1. The lowest BCUT2D eigenvalue weighted by Gasteiger charge is -2.57. The van der Waals surface area contributed by atoms with Gasteiger partial charge in [0.25, 0.3) is 0 Å². The Labute approximate surface area is 207 Å². The van der Waals surface area contributed by atoms with E-state index in [4.69, 9.17) is 4.98 Å². The largest absolute Gasteiger partial charge is 0.349 e. The minimum atomic E-state index is -0.325. The van der Waals surface area contributed by atoms with Gasteiger partial charge in [-0.1, -0.05) is 32.9 Å². The van der Waals surface area contributed by atoms with Crippen LogP contribution in [-0.4, -0.2) is 27.5 Å². The molecular formula is C29H37FN4O. The van der Waals surface area contributed by atoms with E-state index < -0.39 is 0 Å². The van der Waals surface area contributed by atoms with E-state index >= 15 is 0 Å². The minimum absolute atomic E-state index is 0.0196. The summed E-state index contributed by atoms with van der Waals surface area (Å²) >= 11 is 0. The molecule has 186 valence electrons. The first-order valence-electron chi connectivity index (χ1n) is 13.3. The molecule has 4 saturated carbocycles. The van der Waals surface area contributed by atoms with Crippen LogP contribution in [0.4, 0.5) is 4.39 Å². The van der Waals surface area contributed by atoms with Gasteiger partial charge in [-0.25, -0.2) is 14.4 Å². The zero-order chi connectivity index (χ0) is 24.4. The van der Waals surface area contributed by atoms with Crippen molar-refractivity contribution in [3.63, 3.8) is 0 Å². The van der Waals surface area contributed by atoms with Gasteiger partial charge >= 0.3 is 0 Å². The summed E-state index contributed by atoms with van der Waals surface area (Å²) in [6.45, 7) is 6.31. The molecule has 2 heterocycles. The van der Waals surface area contributed by atoms with Gasteiger partial charge in [-0.3, -0.25) is 10.1 Å². The number of hydrogen-bond donors (Lipinski definition) is 2. The SMILES string of the molecule is CC(C)(C)c1nccc([C@H]2C[C@@H](C(=O)NC34CC5CC(CC(C5)C3)C4)N[C@H]2c2cccc(F)c2)n1. The Kier molecular flexibility index (Phi) is 5.51. The molecule has 3 atom stereocenters. The summed E-state index contributed by atoms with van der Waals surface area (Å²) in [4.78, 5) is 23.1. The average molecular weight is 477 g/mol. The quantitative estimate of drug-likeness (QED) is 0.638. The third-order valence-electron chi connectivity index (χ3n) is 8.95. The number of nitrogens with zero attached hydrogens (tertiary/aromatic N) is 2. The molecule has 7 rings (SSSR count). The molecule has 2 aromatic rings. The molecule has 1 aromatic carbocycles. The predicted octanol–water partition coefficient (Wildman–Crippen LogP) is 5.19. The van der Waals surface area contributed by atoms with Crippen LogP contribution in [0.3, 0.4) is 0 Å².